The van der Waals surface area contributed by atoms with E-state index in [4.69, 9.17) is 4.74 Å². The highest BCUT2D eigenvalue weighted by atomic mass is 79.9. The lowest BCUT2D eigenvalue weighted by Crippen LogP contribution is -2.20. The maximum absolute atomic E-state index is 11.8. The molecule has 0 heterocycles. The average molecular weight is 334 g/mol. The van der Waals surface area contributed by atoms with E-state index in [1.54, 1.807) is 0 Å². The van der Waals surface area contributed by atoms with Crippen LogP contribution in [0.2, 0.25) is 0 Å². The molecule has 0 saturated carbocycles. The molecule has 0 aliphatic heterocycles. The van der Waals surface area contributed by atoms with Crippen molar-refractivity contribution < 1.29 is 9.53 Å². The van der Waals surface area contributed by atoms with Gasteiger partial charge in [-0.1, -0.05) is 34.1 Å². The molecule has 0 unspecified atom stereocenters. The van der Waals surface area contributed by atoms with Crippen LogP contribution in [0.5, 0.6) is 5.75 Å². The molecular formula is C16H16BrNO2. The number of nitrogens with one attached hydrogen (secondary N) is 1. The molecule has 0 fully saturated rings. The van der Waals surface area contributed by atoms with E-state index in [1.807, 2.05) is 56.3 Å². The first-order chi connectivity index (χ1) is 9.54. The highest BCUT2D eigenvalue weighted by molar-refractivity contribution is 9.10. The van der Waals surface area contributed by atoms with Crippen molar-refractivity contribution in [3.63, 3.8) is 0 Å². The Bertz CT molecular complexity index is 626. The van der Waals surface area contributed by atoms with Crippen molar-refractivity contribution in [3.05, 3.63) is 58.1 Å². The van der Waals surface area contributed by atoms with Crippen LogP contribution >= 0.6 is 15.9 Å². The molecule has 0 spiro atoms. The number of hydrogen-bond donors (Lipinski definition) is 1. The Labute approximate surface area is 127 Å². The van der Waals surface area contributed by atoms with Gasteiger partial charge in [0.15, 0.2) is 6.61 Å². The van der Waals surface area contributed by atoms with Gasteiger partial charge in [0.1, 0.15) is 5.75 Å². The predicted molar refractivity (Wildman–Crippen MR) is 84.2 cm³/mol. The fourth-order valence-electron chi connectivity index (χ4n) is 1.72. The summed E-state index contributed by atoms with van der Waals surface area (Å²) in [7, 11) is 0. The summed E-state index contributed by atoms with van der Waals surface area (Å²) in [5.41, 5.74) is 2.98. The molecule has 0 radical (unpaired) electrons. The summed E-state index contributed by atoms with van der Waals surface area (Å²) < 4.78 is 6.42. The quantitative estimate of drug-likeness (QED) is 0.915. The molecule has 0 saturated heterocycles. The minimum Gasteiger partial charge on any atom is -0.484 e. The normalized spacial score (nSPS) is 10.2. The number of hydrogen-bond acceptors (Lipinski definition) is 2. The molecule has 2 aromatic carbocycles. The molecule has 0 aliphatic carbocycles. The van der Waals surface area contributed by atoms with E-state index in [2.05, 4.69) is 21.2 Å². The number of rotatable bonds is 4. The molecule has 1 N–H and O–H groups in total. The topological polar surface area (TPSA) is 38.3 Å². The smallest absolute Gasteiger partial charge is 0.262 e. The van der Waals surface area contributed by atoms with E-state index in [9.17, 15) is 4.79 Å². The predicted octanol–water partition coefficient (Wildman–Crippen LogP) is 4.08. The molecule has 20 heavy (non-hydrogen) atoms. The highest BCUT2D eigenvalue weighted by Crippen LogP contribution is 2.20. The minimum atomic E-state index is -0.178. The molecule has 0 aromatic heterocycles. The second-order valence-electron chi connectivity index (χ2n) is 4.62. The maximum atomic E-state index is 11.8. The molecule has 1 amide bonds. The van der Waals surface area contributed by atoms with Crippen LogP contribution in [-0.2, 0) is 4.79 Å². The third-order valence-electron chi connectivity index (χ3n) is 2.82. The Morgan fingerprint density at radius 1 is 1.20 bits per heavy atom. The van der Waals surface area contributed by atoms with Gasteiger partial charge in [0, 0.05) is 10.2 Å². The average Bonchev–Trinajstić information content (AvgIpc) is 2.41. The summed E-state index contributed by atoms with van der Waals surface area (Å²) in [5.74, 6) is 0.521. The van der Waals surface area contributed by atoms with Gasteiger partial charge in [0.25, 0.3) is 5.91 Å². The zero-order valence-electron chi connectivity index (χ0n) is 11.4. The van der Waals surface area contributed by atoms with Crippen LogP contribution in [0.15, 0.2) is 46.9 Å². The van der Waals surface area contributed by atoms with E-state index in [0.29, 0.717) is 5.75 Å². The van der Waals surface area contributed by atoms with Gasteiger partial charge < -0.3 is 10.1 Å². The molecule has 0 atom stereocenters. The van der Waals surface area contributed by atoms with Gasteiger partial charge in [-0.25, -0.2) is 0 Å². The van der Waals surface area contributed by atoms with Gasteiger partial charge in [0.2, 0.25) is 0 Å². The number of benzene rings is 2. The number of halogens is 1. The van der Waals surface area contributed by atoms with Gasteiger partial charge >= 0.3 is 0 Å². The molecule has 2 rings (SSSR count). The number of carbonyl (C=O) groups excluding carboxylic acids is 1. The molecule has 0 aliphatic rings. The number of anilines is 1. The largest absolute Gasteiger partial charge is 0.484 e. The van der Waals surface area contributed by atoms with Crippen LogP contribution in [0, 0.1) is 13.8 Å². The van der Waals surface area contributed by atoms with E-state index >= 15 is 0 Å². The standard InChI is InChI=1S/C16H16BrNO2/c1-11-4-3-5-14(8-11)20-10-16(19)18-13-7-6-12(2)15(17)9-13/h3-9H,10H2,1-2H3,(H,18,19). The second kappa shape index (κ2) is 6.57. The Morgan fingerprint density at radius 2 is 2.00 bits per heavy atom. The number of carbonyl (C=O) groups is 1. The Morgan fingerprint density at radius 3 is 2.70 bits per heavy atom. The van der Waals surface area contributed by atoms with Crippen LogP contribution in [0.4, 0.5) is 5.69 Å². The molecule has 0 bridgehead atoms. The SMILES string of the molecule is Cc1cccc(OCC(=O)Nc2ccc(C)c(Br)c2)c1. The Hall–Kier alpha value is -1.81. The first-order valence-corrected chi connectivity index (χ1v) is 7.09. The number of aryl methyl sites for hydroxylation is 2. The summed E-state index contributed by atoms with van der Waals surface area (Å²) >= 11 is 3.44. The van der Waals surface area contributed by atoms with Crippen molar-refractivity contribution in [1.29, 1.82) is 0 Å². The van der Waals surface area contributed by atoms with Crippen molar-refractivity contribution >= 4 is 27.5 Å². The molecule has 4 heteroatoms. The summed E-state index contributed by atoms with van der Waals surface area (Å²) in [4.78, 5) is 11.8. The van der Waals surface area contributed by atoms with Gasteiger partial charge in [-0.15, -0.1) is 0 Å². The third kappa shape index (κ3) is 4.10. The van der Waals surface area contributed by atoms with Crippen molar-refractivity contribution in [2.24, 2.45) is 0 Å². The van der Waals surface area contributed by atoms with Crippen LogP contribution in [0.1, 0.15) is 11.1 Å². The van der Waals surface area contributed by atoms with E-state index < -0.39 is 0 Å². The summed E-state index contributed by atoms with van der Waals surface area (Å²) in [6.45, 7) is 3.97. The number of ether oxygens (including phenoxy) is 1. The fraction of sp³-hybridized carbons (Fsp3) is 0.188. The van der Waals surface area contributed by atoms with E-state index in [1.165, 1.54) is 0 Å². The Balaban J connectivity index is 1.91. The zero-order valence-corrected chi connectivity index (χ0v) is 13.0. The molecule has 2 aromatic rings. The third-order valence-corrected chi connectivity index (χ3v) is 3.67. The summed E-state index contributed by atoms with van der Waals surface area (Å²) in [6, 6.07) is 13.3. The van der Waals surface area contributed by atoms with Crippen molar-refractivity contribution in [3.8, 4) is 5.75 Å². The van der Waals surface area contributed by atoms with Gasteiger partial charge in [-0.3, -0.25) is 4.79 Å². The fourth-order valence-corrected chi connectivity index (χ4v) is 2.10. The van der Waals surface area contributed by atoms with Gasteiger partial charge in [0.05, 0.1) is 0 Å². The first-order valence-electron chi connectivity index (χ1n) is 6.30. The molecular weight excluding hydrogens is 318 g/mol. The lowest BCUT2D eigenvalue weighted by atomic mass is 10.2. The minimum absolute atomic E-state index is 0.00501. The van der Waals surface area contributed by atoms with Crippen LogP contribution in [-0.4, -0.2) is 12.5 Å². The van der Waals surface area contributed by atoms with Crippen LogP contribution in [0.25, 0.3) is 0 Å². The number of amides is 1. The van der Waals surface area contributed by atoms with Crippen LogP contribution < -0.4 is 10.1 Å². The van der Waals surface area contributed by atoms with Crippen molar-refractivity contribution in [2.45, 2.75) is 13.8 Å². The summed E-state index contributed by atoms with van der Waals surface area (Å²) in [6.07, 6.45) is 0. The van der Waals surface area contributed by atoms with Gasteiger partial charge in [-0.05, 0) is 49.2 Å². The second-order valence-corrected chi connectivity index (χ2v) is 5.47. The lowest BCUT2D eigenvalue weighted by molar-refractivity contribution is -0.118. The summed E-state index contributed by atoms with van der Waals surface area (Å²) in [5, 5.41) is 2.80. The van der Waals surface area contributed by atoms with Crippen molar-refractivity contribution in [2.75, 3.05) is 11.9 Å². The van der Waals surface area contributed by atoms with Gasteiger partial charge in [-0.2, -0.15) is 0 Å². The Kier molecular flexibility index (Phi) is 4.79. The highest BCUT2D eigenvalue weighted by Gasteiger charge is 2.05. The monoisotopic (exact) mass is 333 g/mol. The molecule has 104 valence electrons. The first kappa shape index (κ1) is 14.6. The lowest BCUT2D eigenvalue weighted by Gasteiger charge is -2.09. The van der Waals surface area contributed by atoms with Crippen molar-refractivity contribution in [1.82, 2.24) is 0 Å². The van der Waals surface area contributed by atoms with E-state index in [-0.39, 0.29) is 12.5 Å². The van der Waals surface area contributed by atoms with Crippen LogP contribution in [0.3, 0.4) is 0 Å². The maximum Gasteiger partial charge on any atom is 0.262 e. The zero-order chi connectivity index (χ0) is 14.5. The van der Waals surface area contributed by atoms with E-state index in [0.717, 1.165) is 21.3 Å². The molecule has 3 nitrogen and oxygen atoms in total.